The predicted octanol–water partition coefficient (Wildman–Crippen LogP) is 2.88. The van der Waals surface area contributed by atoms with Gasteiger partial charge in [-0.2, -0.15) is 10.2 Å². The van der Waals surface area contributed by atoms with E-state index in [0.717, 1.165) is 22.4 Å². The van der Waals surface area contributed by atoms with Gasteiger partial charge in [-0.05, 0) is 42.3 Å². The van der Waals surface area contributed by atoms with Crippen LogP contribution in [0.3, 0.4) is 0 Å². The van der Waals surface area contributed by atoms with Gasteiger partial charge in [0.25, 0.3) is 0 Å². The molecule has 0 saturated heterocycles. The van der Waals surface area contributed by atoms with E-state index in [2.05, 4.69) is 20.7 Å². The number of nitrogens with zero attached hydrogens (tertiary/aromatic N) is 5. The fourth-order valence-electron chi connectivity index (χ4n) is 3.86. The van der Waals surface area contributed by atoms with E-state index in [9.17, 15) is 9.18 Å². The van der Waals surface area contributed by atoms with E-state index in [-0.39, 0.29) is 11.7 Å². The third kappa shape index (κ3) is 4.11. The number of nitrogens with one attached hydrogen (secondary N) is 2. The number of hydrogen-bond donors (Lipinski definition) is 2. The Bertz CT molecular complexity index is 1120. The minimum atomic E-state index is -0.322. The van der Waals surface area contributed by atoms with Crippen LogP contribution in [0.1, 0.15) is 28.4 Å². The molecule has 1 aliphatic rings. The van der Waals surface area contributed by atoms with E-state index in [0.29, 0.717) is 36.7 Å². The summed E-state index contributed by atoms with van der Waals surface area (Å²) in [4.78, 5) is 16.3. The van der Waals surface area contributed by atoms with Crippen LogP contribution in [0, 0.1) is 12.7 Å². The number of rotatable bonds is 6. The summed E-state index contributed by atoms with van der Waals surface area (Å²) in [5.74, 6) is 0.139. The van der Waals surface area contributed by atoms with Crippen molar-refractivity contribution in [2.45, 2.75) is 19.4 Å². The number of amides is 1. The second-order valence-electron chi connectivity index (χ2n) is 7.46. The van der Waals surface area contributed by atoms with E-state index in [1.54, 1.807) is 4.68 Å². The molecule has 0 aliphatic carbocycles. The maximum absolute atomic E-state index is 14.0. The zero-order valence-electron chi connectivity index (χ0n) is 17.6. The molecule has 2 aromatic carbocycles. The van der Waals surface area contributed by atoms with E-state index in [1.165, 1.54) is 23.5 Å². The number of halogens is 1. The van der Waals surface area contributed by atoms with Crippen LogP contribution in [0.5, 0.6) is 0 Å². The second kappa shape index (κ2) is 8.55. The largest absolute Gasteiger partial charge is 0.388 e. The molecular weight excluding hydrogens is 397 g/mol. The van der Waals surface area contributed by atoms with Crippen molar-refractivity contribution in [1.29, 1.82) is 0 Å². The third-order valence-corrected chi connectivity index (χ3v) is 5.39. The van der Waals surface area contributed by atoms with Gasteiger partial charge >= 0.3 is 0 Å². The van der Waals surface area contributed by atoms with Crippen LogP contribution in [0.25, 0.3) is 0 Å². The van der Waals surface area contributed by atoms with Crippen LogP contribution in [0.15, 0.2) is 47.8 Å². The molecule has 1 amide bonds. The van der Waals surface area contributed by atoms with Gasteiger partial charge in [0.1, 0.15) is 18.0 Å². The molecule has 8 nitrogen and oxygen atoms in total. The molecule has 0 bridgehead atoms. The Kier molecular flexibility index (Phi) is 5.66. The van der Waals surface area contributed by atoms with Gasteiger partial charge in [-0.1, -0.05) is 12.1 Å². The summed E-state index contributed by atoms with van der Waals surface area (Å²) >= 11 is 0. The summed E-state index contributed by atoms with van der Waals surface area (Å²) in [7, 11) is 3.67. The third-order valence-electron chi connectivity index (χ3n) is 5.39. The molecule has 4 rings (SSSR count). The maximum atomic E-state index is 14.0. The van der Waals surface area contributed by atoms with Crippen molar-refractivity contribution < 1.29 is 9.18 Å². The van der Waals surface area contributed by atoms with Crippen LogP contribution >= 0.6 is 0 Å². The van der Waals surface area contributed by atoms with Crippen molar-refractivity contribution in [3.05, 3.63) is 71.1 Å². The maximum Gasteiger partial charge on any atom is 0.230 e. The zero-order chi connectivity index (χ0) is 22.0. The van der Waals surface area contributed by atoms with Crippen LogP contribution in [0.2, 0.25) is 0 Å². The van der Waals surface area contributed by atoms with E-state index in [1.807, 2.05) is 45.3 Å². The first kappa shape index (κ1) is 20.5. The minimum absolute atomic E-state index is 0.252. The monoisotopic (exact) mass is 421 g/mol. The number of aryl methyl sites for hydroxylation is 2. The molecule has 1 aliphatic heterocycles. The molecule has 3 aromatic rings. The number of benzene rings is 2. The highest BCUT2D eigenvalue weighted by atomic mass is 19.1. The Labute approximate surface area is 179 Å². The molecule has 0 saturated carbocycles. The normalized spacial score (nSPS) is 16.5. The fourth-order valence-corrected chi connectivity index (χ4v) is 3.86. The molecule has 9 heteroatoms. The Morgan fingerprint density at radius 2 is 2.13 bits per heavy atom. The van der Waals surface area contributed by atoms with Gasteiger partial charge in [0, 0.05) is 37.6 Å². The average molecular weight is 421 g/mol. The molecule has 1 atom stereocenters. The van der Waals surface area contributed by atoms with E-state index in [4.69, 9.17) is 5.10 Å². The number of hydrogen-bond acceptors (Lipinski definition) is 6. The van der Waals surface area contributed by atoms with E-state index < -0.39 is 0 Å². The first-order valence-corrected chi connectivity index (χ1v) is 9.95. The first-order valence-electron chi connectivity index (χ1n) is 9.95. The van der Waals surface area contributed by atoms with Crippen molar-refractivity contribution in [3.8, 4) is 0 Å². The topological polar surface area (TPSA) is 87.4 Å². The quantitative estimate of drug-likeness (QED) is 0.472. The van der Waals surface area contributed by atoms with Crippen molar-refractivity contribution in [2.24, 2.45) is 12.1 Å². The van der Waals surface area contributed by atoms with Crippen LogP contribution in [-0.4, -0.2) is 45.5 Å². The van der Waals surface area contributed by atoms with Crippen molar-refractivity contribution >= 4 is 23.5 Å². The zero-order valence-corrected chi connectivity index (χ0v) is 17.6. The Morgan fingerprint density at radius 1 is 1.35 bits per heavy atom. The lowest BCUT2D eigenvalue weighted by Gasteiger charge is -2.29. The molecule has 1 unspecified atom stereocenters. The summed E-state index contributed by atoms with van der Waals surface area (Å²) in [5.41, 5.74) is 4.74. The highest BCUT2D eigenvalue weighted by molar-refractivity contribution is 6.11. The molecule has 0 fully saturated rings. The summed E-state index contributed by atoms with van der Waals surface area (Å²) in [6.45, 7) is 2.61. The van der Waals surface area contributed by atoms with Crippen LogP contribution in [0.4, 0.5) is 15.8 Å². The standard InChI is InChI=1S/C22H24FN7O/c1-14-8-16(23)9-19-20(14)21(18(10-25-19)22-26-12-27-29(22)3)28-30(13-31)11-15-4-6-17(24-2)7-5-15/h4-9,12-13,18,24-25H,10-11H2,1-3H3/b28-21-. The summed E-state index contributed by atoms with van der Waals surface area (Å²) in [6.07, 6.45) is 2.19. The van der Waals surface area contributed by atoms with Crippen molar-refractivity contribution in [3.63, 3.8) is 0 Å². The Balaban J connectivity index is 1.77. The molecule has 2 heterocycles. The van der Waals surface area contributed by atoms with Gasteiger partial charge in [-0.3, -0.25) is 9.48 Å². The number of aromatic nitrogens is 3. The SMILES string of the molecule is CNc1ccc(CN(C=O)/N=C2\c3c(C)cc(F)cc3NCC2c2ncnn2C)cc1. The molecular formula is C22H24FN7O. The molecule has 2 N–H and O–H groups in total. The van der Waals surface area contributed by atoms with Gasteiger partial charge in [-0.15, -0.1) is 0 Å². The van der Waals surface area contributed by atoms with Gasteiger partial charge in [0.05, 0.1) is 18.2 Å². The highest BCUT2D eigenvalue weighted by Gasteiger charge is 2.32. The Morgan fingerprint density at radius 3 is 2.77 bits per heavy atom. The Hall–Kier alpha value is -3.75. The lowest BCUT2D eigenvalue weighted by Crippen LogP contribution is -2.33. The molecule has 31 heavy (non-hydrogen) atoms. The smallest absolute Gasteiger partial charge is 0.230 e. The van der Waals surface area contributed by atoms with Crippen molar-refractivity contribution in [1.82, 2.24) is 19.8 Å². The number of carbonyl (C=O) groups is 1. The van der Waals surface area contributed by atoms with Crippen LogP contribution < -0.4 is 10.6 Å². The second-order valence-corrected chi connectivity index (χ2v) is 7.46. The fraction of sp³-hybridized carbons (Fsp3) is 0.273. The summed E-state index contributed by atoms with van der Waals surface area (Å²) < 4.78 is 15.7. The molecule has 0 radical (unpaired) electrons. The van der Waals surface area contributed by atoms with E-state index >= 15 is 0 Å². The predicted molar refractivity (Wildman–Crippen MR) is 118 cm³/mol. The minimum Gasteiger partial charge on any atom is -0.388 e. The first-order chi connectivity index (χ1) is 15.0. The number of fused-ring (bicyclic) bond motifs is 1. The number of carbonyl (C=O) groups excluding carboxylic acids is 1. The van der Waals surface area contributed by atoms with Crippen molar-refractivity contribution in [2.75, 3.05) is 24.2 Å². The van der Waals surface area contributed by atoms with Gasteiger partial charge in [0.15, 0.2) is 0 Å². The van der Waals surface area contributed by atoms with Crippen LogP contribution in [-0.2, 0) is 18.4 Å². The van der Waals surface area contributed by atoms with Gasteiger partial charge in [0.2, 0.25) is 6.41 Å². The molecule has 160 valence electrons. The lowest BCUT2D eigenvalue weighted by molar-refractivity contribution is -0.118. The lowest BCUT2D eigenvalue weighted by atomic mass is 9.88. The average Bonchev–Trinajstić information content (AvgIpc) is 3.19. The molecule has 1 aromatic heterocycles. The summed E-state index contributed by atoms with van der Waals surface area (Å²) in [6, 6.07) is 10.7. The van der Waals surface area contributed by atoms with Gasteiger partial charge < -0.3 is 10.6 Å². The van der Waals surface area contributed by atoms with Gasteiger partial charge in [-0.25, -0.2) is 14.4 Å². The molecule has 0 spiro atoms. The summed E-state index contributed by atoms with van der Waals surface area (Å²) in [5, 5.41) is 16.6. The number of anilines is 2. The number of hydrazone groups is 1. The highest BCUT2D eigenvalue weighted by Crippen LogP contribution is 2.33.